The average molecular weight is 263 g/mol. The first-order chi connectivity index (χ1) is 9.11. The molecule has 1 N–H and O–H groups in total. The lowest BCUT2D eigenvalue weighted by atomic mass is 10.3. The highest BCUT2D eigenvalue weighted by atomic mass is 16.1. The molecule has 102 valence electrons. The van der Waals surface area contributed by atoms with E-state index in [1.807, 2.05) is 13.8 Å². The van der Waals surface area contributed by atoms with Crippen LogP contribution in [0.5, 0.6) is 0 Å². The van der Waals surface area contributed by atoms with Crippen LogP contribution in [0.2, 0.25) is 0 Å². The summed E-state index contributed by atoms with van der Waals surface area (Å²) in [5.41, 5.74) is 0.953. The monoisotopic (exact) mass is 263 g/mol. The van der Waals surface area contributed by atoms with Gasteiger partial charge in [0.25, 0.3) is 0 Å². The Morgan fingerprint density at radius 2 is 2.16 bits per heavy atom. The van der Waals surface area contributed by atoms with E-state index in [4.69, 9.17) is 0 Å². The summed E-state index contributed by atoms with van der Waals surface area (Å²) in [5, 5.41) is 18.1. The molecule has 0 atom stereocenters. The Balaban J connectivity index is 1.94. The summed E-state index contributed by atoms with van der Waals surface area (Å²) in [6.07, 6.45) is 2.06. The van der Waals surface area contributed by atoms with E-state index in [-0.39, 0.29) is 5.91 Å². The molecule has 0 saturated carbocycles. The minimum atomic E-state index is -0.0757. The number of nitrogens with zero attached hydrogens (tertiary/aromatic N) is 6. The molecule has 0 spiro atoms. The molecule has 2 aromatic rings. The highest BCUT2D eigenvalue weighted by molar-refractivity contribution is 5.90. The molecule has 8 heteroatoms. The first kappa shape index (κ1) is 13.2. The molecule has 0 bridgehead atoms. The van der Waals surface area contributed by atoms with E-state index < -0.39 is 0 Å². The molecule has 0 saturated heterocycles. The second kappa shape index (κ2) is 5.59. The standard InChI is InChI=1S/C11H17N7O/c1-4-17-11(8(2)7-12-17)13-10(19)5-6-18-9(3)14-15-16-18/h7H,4-6H2,1-3H3,(H,13,19). The molecular weight excluding hydrogens is 246 g/mol. The van der Waals surface area contributed by atoms with Gasteiger partial charge < -0.3 is 5.32 Å². The second-order valence-electron chi connectivity index (χ2n) is 4.24. The average Bonchev–Trinajstić information content (AvgIpc) is 2.95. The van der Waals surface area contributed by atoms with Gasteiger partial charge in [-0.3, -0.25) is 4.79 Å². The first-order valence-corrected chi connectivity index (χ1v) is 6.16. The molecule has 1 amide bonds. The fourth-order valence-corrected chi connectivity index (χ4v) is 1.74. The zero-order valence-electron chi connectivity index (χ0n) is 11.3. The van der Waals surface area contributed by atoms with Gasteiger partial charge in [0.05, 0.1) is 12.7 Å². The lowest BCUT2D eigenvalue weighted by molar-refractivity contribution is -0.116. The van der Waals surface area contributed by atoms with Crippen molar-refractivity contribution in [2.24, 2.45) is 0 Å². The van der Waals surface area contributed by atoms with E-state index in [0.29, 0.717) is 18.8 Å². The van der Waals surface area contributed by atoms with Gasteiger partial charge in [-0.15, -0.1) is 5.10 Å². The van der Waals surface area contributed by atoms with Crippen LogP contribution in [0.4, 0.5) is 5.82 Å². The highest BCUT2D eigenvalue weighted by Crippen LogP contribution is 2.13. The summed E-state index contributed by atoms with van der Waals surface area (Å²) < 4.78 is 3.36. The van der Waals surface area contributed by atoms with Gasteiger partial charge in [0.1, 0.15) is 11.6 Å². The van der Waals surface area contributed by atoms with Crippen molar-refractivity contribution in [3.63, 3.8) is 0 Å². The number of rotatable bonds is 5. The molecule has 0 fully saturated rings. The van der Waals surface area contributed by atoms with Gasteiger partial charge in [0.2, 0.25) is 5.91 Å². The van der Waals surface area contributed by atoms with Crippen LogP contribution in [-0.4, -0.2) is 35.9 Å². The summed E-state index contributed by atoms with van der Waals surface area (Å²) in [5.74, 6) is 1.37. The number of anilines is 1. The molecule has 19 heavy (non-hydrogen) atoms. The molecule has 0 unspecified atom stereocenters. The van der Waals surface area contributed by atoms with Gasteiger partial charge >= 0.3 is 0 Å². The van der Waals surface area contributed by atoms with Gasteiger partial charge in [-0.25, -0.2) is 9.36 Å². The first-order valence-electron chi connectivity index (χ1n) is 6.16. The van der Waals surface area contributed by atoms with Crippen LogP contribution in [0.3, 0.4) is 0 Å². The van der Waals surface area contributed by atoms with Crippen molar-refractivity contribution in [2.45, 2.75) is 40.3 Å². The predicted molar refractivity (Wildman–Crippen MR) is 68.4 cm³/mol. The minimum Gasteiger partial charge on any atom is -0.311 e. The fourth-order valence-electron chi connectivity index (χ4n) is 1.74. The summed E-state index contributed by atoms with van der Waals surface area (Å²) in [7, 11) is 0. The third-order valence-corrected chi connectivity index (χ3v) is 2.84. The number of aryl methyl sites for hydroxylation is 4. The quantitative estimate of drug-likeness (QED) is 0.850. The summed E-state index contributed by atoms with van der Waals surface area (Å²) in [6, 6.07) is 0. The minimum absolute atomic E-state index is 0.0757. The fraction of sp³-hybridized carbons (Fsp3) is 0.545. The van der Waals surface area contributed by atoms with Crippen LogP contribution in [-0.2, 0) is 17.9 Å². The van der Waals surface area contributed by atoms with Crippen LogP contribution >= 0.6 is 0 Å². The van der Waals surface area contributed by atoms with Crippen molar-refractivity contribution in [3.05, 3.63) is 17.6 Å². The van der Waals surface area contributed by atoms with Gasteiger partial charge in [0.15, 0.2) is 0 Å². The van der Waals surface area contributed by atoms with Crippen LogP contribution < -0.4 is 5.32 Å². The molecule has 0 aliphatic heterocycles. The molecule has 8 nitrogen and oxygen atoms in total. The third-order valence-electron chi connectivity index (χ3n) is 2.84. The Labute approximate surface area is 110 Å². The number of tetrazole rings is 1. The molecule has 2 heterocycles. The van der Waals surface area contributed by atoms with E-state index >= 15 is 0 Å². The summed E-state index contributed by atoms with van der Waals surface area (Å²) >= 11 is 0. The number of carbonyl (C=O) groups is 1. The van der Waals surface area contributed by atoms with Crippen molar-refractivity contribution >= 4 is 11.7 Å². The van der Waals surface area contributed by atoms with Crippen molar-refractivity contribution < 1.29 is 4.79 Å². The van der Waals surface area contributed by atoms with E-state index in [1.165, 1.54) is 0 Å². The Bertz CT molecular complexity index is 571. The zero-order chi connectivity index (χ0) is 13.8. The van der Waals surface area contributed by atoms with Gasteiger partial charge in [0, 0.05) is 18.5 Å². The highest BCUT2D eigenvalue weighted by Gasteiger charge is 2.11. The topological polar surface area (TPSA) is 90.5 Å². The number of amides is 1. The Morgan fingerprint density at radius 1 is 1.37 bits per heavy atom. The molecule has 0 radical (unpaired) electrons. The third kappa shape index (κ3) is 2.95. The normalized spacial score (nSPS) is 10.7. The number of hydrogen-bond acceptors (Lipinski definition) is 5. The molecule has 0 aliphatic carbocycles. The number of aromatic nitrogens is 6. The molecule has 0 aromatic carbocycles. The van der Waals surface area contributed by atoms with E-state index in [1.54, 1.807) is 22.5 Å². The second-order valence-corrected chi connectivity index (χ2v) is 4.24. The van der Waals surface area contributed by atoms with Crippen molar-refractivity contribution in [3.8, 4) is 0 Å². The van der Waals surface area contributed by atoms with Gasteiger partial charge in [-0.05, 0) is 31.2 Å². The van der Waals surface area contributed by atoms with Crippen LogP contribution in [0.25, 0.3) is 0 Å². The maximum absolute atomic E-state index is 11.9. The zero-order valence-corrected chi connectivity index (χ0v) is 11.3. The molecular formula is C11H17N7O. The number of hydrogen-bond donors (Lipinski definition) is 1. The van der Waals surface area contributed by atoms with Gasteiger partial charge in [-0.1, -0.05) is 0 Å². The molecule has 2 rings (SSSR count). The van der Waals surface area contributed by atoms with Crippen LogP contribution in [0, 0.1) is 13.8 Å². The number of nitrogens with one attached hydrogen (secondary N) is 1. The van der Waals surface area contributed by atoms with E-state index in [9.17, 15) is 4.79 Å². The summed E-state index contributed by atoms with van der Waals surface area (Å²) in [4.78, 5) is 11.9. The van der Waals surface area contributed by atoms with Crippen molar-refractivity contribution in [2.75, 3.05) is 5.32 Å². The van der Waals surface area contributed by atoms with E-state index in [2.05, 4.69) is 25.9 Å². The maximum Gasteiger partial charge on any atom is 0.227 e. The molecule has 2 aromatic heterocycles. The molecule has 0 aliphatic rings. The summed E-state index contributed by atoms with van der Waals surface area (Å²) in [6.45, 7) is 6.88. The Hall–Kier alpha value is -2.25. The van der Waals surface area contributed by atoms with Crippen LogP contribution in [0.15, 0.2) is 6.20 Å². The van der Waals surface area contributed by atoms with Crippen molar-refractivity contribution in [1.29, 1.82) is 0 Å². The lowest BCUT2D eigenvalue weighted by Gasteiger charge is -2.08. The Kier molecular flexibility index (Phi) is 3.88. The van der Waals surface area contributed by atoms with Crippen LogP contribution in [0.1, 0.15) is 24.7 Å². The largest absolute Gasteiger partial charge is 0.311 e. The lowest BCUT2D eigenvalue weighted by Crippen LogP contribution is -2.18. The number of carbonyl (C=O) groups excluding carboxylic acids is 1. The van der Waals surface area contributed by atoms with Gasteiger partial charge in [-0.2, -0.15) is 5.10 Å². The smallest absolute Gasteiger partial charge is 0.227 e. The maximum atomic E-state index is 11.9. The SMILES string of the molecule is CCn1ncc(C)c1NC(=O)CCn1nnnc1C. The van der Waals surface area contributed by atoms with Crippen molar-refractivity contribution in [1.82, 2.24) is 30.0 Å². The predicted octanol–water partition coefficient (Wildman–Crippen LogP) is 0.535. The van der Waals surface area contributed by atoms with E-state index in [0.717, 1.165) is 17.9 Å². The Morgan fingerprint density at radius 3 is 2.79 bits per heavy atom.